The Morgan fingerprint density at radius 3 is 3.00 bits per heavy atom. The van der Waals surface area contributed by atoms with E-state index in [9.17, 15) is 9.90 Å². The Morgan fingerprint density at radius 1 is 1.50 bits per heavy atom. The summed E-state index contributed by atoms with van der Waals surface area (Å²) < 4.78 is 0. The van der Waals surface area contributed by atoms with Gasteiger partial charge in [0.15, 0.2) is 0 Å². The molecule has 1 aliphatic heterocycles. The highest BCUT2D eigenvalue weighted by Crippen LogP contribution is 2.45. The highest BCUT2D eigenvalue weighted by molar-refractivity contribution is 5.92. The van der Waals surface area contributed by atoms with E-state index in [-0.39, 0.29) is 17.4 Å². The Balaban J connectivity index is 1.76. The molecule has 0 bridgehead atoms. The molecule has 2 fully saturated rings. The molecule has 98 valence electrons. The molecule has 0 aromatic carbocycles. The molecule has 18 heavy (non-hydrogen) atoms. The zero-order valence-corrected chi connectivity index (χ0v) is 10.4. The molecule has 1 saturated carbocycles. The summed E-state index contributed by atoms with van der Waals surface area (Å²) in [6.45, 7) is 1.47. The van der Waals surface area contributed by atoms with Crippen molar-refractivity contribution in [1.82, 2.24) is 15.1 Å². The Labute approximate surface area is 106 Å². The third kappa shape index (κ3) is 1.82. The minimum atomic E-state index is -0.241. The number of likely N-dealkylation sites (tertiary alicyclic amines) is 1. The van der Waals surface area contributed by atoms with Gasteiger partial charge in [-0.1, -0.05) is 6.42 Å². The first kappa shape index (κ1) is 11.7. The van der Waals surface area contributed by atoms with Gasteiger partial charge in [-0.15, -0.1) is 0 Å². The summed E-state index contributed by atoms with van der Waals surface area (Å²) in [5.41, 5.74) is 0.494. The van der Waals surface area contributed by atoms with Gasteiger partial charge in [0.05, 0.1) is 6.10 Å². The summed E-state index contributed by atoms with van der Waals surface area (Å²) in [6, 6.07) is 1.70. The number of rotatable bonds is 1. The second-order valence-corrected chi connectivity index (χ2v) is 5.57. The SMILES string of the molecule is O=C(c1ccn[nH]1)N1CCC[C@@]2(CCC[C@H]2O)C1. The fraction of sp³-hybridized carbons (Fsp3) is 0.692. The van der Waals surface area contributed by atoms with Crippen LogP contribution >= 0.6 is 0 Å². The number of aromatic amines is 1. The van der Waals surface area contributed by atoms with Crippen molar-refractivity contribution in [2.45, 2.75) is 38.2 Å². The molecule has 1 aromatic heterocycles. The lowest BCUT2D eigenvalue weighted by Crippen LogP contribution is -2.49. The van der Waals surface area contributed by atoms with Crippen LogP contribution in [0.4, 0.5) is 0 Å². The average Bonchev–Trinajstić information content (AvgIpc) is 3.01. The van der Waals surface area contributed by atoms with Crippen molar-refractivity contribution in [3.05, 3.63) is 18.0 Å². The van der Waals surface area contributed by atoms with Crippen LogP contribution in [0.3, 0.4) is 0 Å². The molecular formula is C13H19N3O2. The number of nitrogens with zero attached hydrogens (tertiary/aromatic N) is 2. The molecule has 2 aliphatic rings. The lowest BCUT2D eigenvalue weighted by molar-refractivity contribution is -0.00555. The molecule has 1 amide bonds. The third-order valence-electron chi connectivity index (χ3n) is 4.49. The maximum Gasteiger partial charge on any atom is 0.271 e. The van der Waals surface area contributed by atoms with Crippen LogP contribution in [0.25, 0.3) is 0 Å². The molecule has 0 unspecified atom stereocenters. The molecule has 3 rings (SSSR count). The fourth-order valence-corrected chi connectivity index (χ4v) is 3.48. The third-order valence-corrected chi connectivity index (χ3v) is 4.49. The topological polar surface area (TPSA) is 69.2 Å². The number of amides is 1. The molecule has 2 N–H and O–H groups in total. The summed E-state index contributed by atoms with van der Waals surface area (Å²) in [4.78, 5) is 14.1. The van der Waals surface area contributed by atoms with E-state index in [0.717, 1.165) is 38.6 Å². The number of carbonyl (C=O) groups is 1. The van der Waals surface area contributed by atoms with Gasteiger partial charge in [0.1, 0.15) is 5.69 Å². The van der Waals surface area contributed by atoms with Crippen LogP contribution in [0, 0.1) is 5.41 Å². The number of H-pyrrole nitrogens is 1. The second-order valence-electron chi connectivity index (χ2n) is 5.57. The Kier molecular flexibility index (Phi) is 2.86. The monoisotopic (exact) mass is 249 g/mol. The number of piperidine rings is 1. The predicted molar refractivity (Wildman–Crippen MR) is 66.0 cm³/mol. The van der Waals surface area contributed by atoms with Crippen molar-refractivity contribution >= 4 is 5.91 Å². The maximum atomic E-state index is 12.3. The predicted octanol–water partition coefficient (Wildman–Crippen LogP) is 1.18. The minimum Gasteiger partial charge on any atom is -0.392 e. The van der Waals surface area contributed by atoms with Gasteiger partial charge in [-0.25, -0.2) is 0 Å². The smallest absolute Gasteiger partial charge is 0.271 e. The number of nitrogens with one attached hydrogen (secondary N) is 1. The van der Waals surface area contributed by atoms with Gasteiger partial charge < -0.3 is 10.0 Å². The van der Waals surface area contributed by atoms with Crippen LogP contribution in [-0.4, -0.2) is 45.3 Å². The lowest BCUT2D eigenvalue weighted by atomic mass is 9.76. The zero-order valence-electron chi connectivity index (χ0n) is 10.4. The van der Waals surface area contributed by atoms with Crippen LogP contribution in [0.5, 0.6) is 0 Å². The Hall–Kier alpha value is -1.36. The summed E-state index contributed by atoms with van der Waals surface area (Å²) in [7, 11) is 0. The number of hydrogen-bond donors (Lipinski definition) is 2. The fourth-order valence-electron chi connectivity index (χ4n) is 3.48. The average molecular weight is 249 g/mol. The van der Waals surface area contributed by atoms with E-state index in [2.05, 4.69) is 10.2 Å². The van der Waals surface area contributed by atoms with Crippen molar-refractivity contribution in [3.63, 3.8) is 0 Å². The zero-order chi connectivity index (χ0) is 12.6. The number of aromatic nitrogens is 2. The first-order chi connectivity index (χ1) is 8.71. The quantitative estimate of drug-likeness (QED) is 0.785. The normalized spacial score (nSPS) is 32.1. The number of hydrogen-bond acceptors (Lipinski definition) is 3. The number of aliphatic hydroxyl groups is 1. The van der Waals surface area contributed by atoms with Gasteiger partial charge in [-0.2, -0.15) is 5.10 Å². The van der Waals surface area contributed by atoms with Gasteiger partial charge in [-0.05, 0) is 31.7 Å². The van der Waals surface area contributed by atoms with E-state index < -0.39 is 0 Å². The van der Waals surface area contributed by atoms with E-state index >= 15 is 0 Å². The number of aliphatic hydroxyl groups excluding tert-OH is 1. The standard InChI is InChI=1S/C13H19N3O2/c17-11-3-1-5-13(11)6-2-8-16(9-13)12(18)10-4-7-14-15-10/h4,7,11,17H,1-3,5-6,8-9H2,(H,14,15)/t11-,13+/m1/s1. The van der Waals surface area contributed by atoms with Crippen LogP contribution < -0.4 is 0 Å². The number of carbonyl (C=O) groups excluding carboxylic acids is 1. The summed E-state index contributed by atoms with van der Waals surface area (Å²) >= 11 is 0. The maximum absolute atomic E-state index is 12.3. The first-order valence-electron chi connectivity index (χ1n) is 6.68. The molecule has 2 heterocycles. The summed E-state index contributed by atoms with van der Waals surface area (Å²) in [5.74, 6) is 0.00525. The highest BCUT2D eigenvalue weighted by atomic mass is 16.3. The van der Waals surface area contributed by atoms with Gasteiger partial charge in [-0.3, -0.25) is 9.89 Å². The largest absolute Gasteiger partial charge is 0.392 e. The Bertz CT molecular complexity index is 431. The van der Waals surface area contributed by atoms with Gasteiger partial charge in [0, 0.05) is 24.7 Å². The van der Waals surface area contributed by atoms with Crippen LogP contribution in [0.2, 0.25) is 0 Å². The van der Waals surface area contributed by atoms with E-state index in [1.165, 1.54) is 0 Å². The van der Waals surface area contributed by atoms with Crippen LogP contribution in [0.15, 0.2) is 12.3 Å². The van der Waals surface area contributed by atoms with Gasteiger partial charge >= 0.3 is 0 Å². The van der Waals surface area contributed by atoms with E-state index in [1.54, 1.807) is 12.3 Å². The van der Waals surface area contributed by atoms with Crippen LogP contribution in [-0.2, 0) is 0 Å². The summed E-state index contributed by atoms with van der Waals surface area (Å²) in [6.07, 6.45) is 6.38. The van der Waals surface area contributed by atoms with Crippen molar-refractivity contribution in [2.24, 2.45) is 5.41 Å². The van der Waals surface area contributed by atoms with Crippen molar-refractivity contribution < 1.29 is 9.90 Å². The molecule has 1 aliphatic carbocycles. The molecular weight excluding hydrogens is 230 g/mol. The molecule has 1 spiro atoms. The van der Waals surface area contributed by atoms with Crippen molar-refractivity contribution in [3.8, 4) is 0 Å². The second kappa shape index (κ2) is 4.39. The van der Waals surface area contributed by atoms with Gasteiger partial charge in [0.25, 0.3) is 5.91 Å². The van der Waals surface area contributed by atoms with E-state index in [0.29, 0.717) is 12.2 Å². The van der Waals surface area contributed by atoms with Crippen LogP contribution in [0.1, 0.15) is 42.6 Å². The summed E-state index contributed by atoms with van der Waals surface area (Å²) in [5, 5.41) is 16.7. The minimum absolute atomic E-state index is 0.00525. The molecule has 2 atom stereocenters. The first-order valence-corrected chi connectivity index (χ1v) is 6.68. The molecule has 5 nitrogen and oxygen atoms in total. The molecule has 0 radical (unpaired) electrons. The Morgan fingerprint density at radius 2 is 2.33 bits per heavy atom. The highest BCUT2D eigenvalue weighted by Gasteiger charge is 2.45. The van der Waals surface area contributed by atoms with Gasteiger partial charge in [0.2, 0.25) is 0 Å². The van der Waals surface area contributed by atoms with Crippen molar-refractivity contribution in [1.29, 1.82) is 0 Å². The molecule has 5 heteroatoms. The van der Waals surface area contributed by atoms with Crippen molar-refractivity contribution in [2.75, 3.05) is 13.1 Å². The molecule has 1 saturated heterocycles. The van der Waals surface area contributed by atoms with E-state index in [1.807, 2.05) is 4.90 Å². The lowest BCUT2D eigenvalue weighted by Gasteiger charge is -2.42. The van der Waals surface area contributed by atoms with E-state index in [4.69, 9.17) is 0 Å². The molecule has 1 aromatic rings.